The van der Waals surface area contributed by atoms with Crippen LogP contribution in [0.25, 0.3) is 10.9 Å². The number of aromatic nitrogens is 1. The summed E-state index contributed by atoms with van der Waals surface area (Å²) in [6.45, 7) is 1.77. The molecule has 1 aromatic heterocycles. The number of hydrogen-bond acceptors (Lipinski definition) is 4. The molecule has 1 aromatic carbocycles. The highest BCUT2D eigenvalue weighted by Gasteiger charge is 2.05. The van der Waals surface area contributed by atoms with Gasteiger partial charge in [0.25, 0.3) is 0 Å². The zero-order chi connectivity index (χ0) is 19.0. The average Bonchev–Trinajstić information content (AvgIpc) is 2.97. The topological polar surface area (TPSA) is 95.6 Å². The van der Waals surface area contributed by atoms with Gasteiger partial charge in [0.15, 0.2) is 5.96 Å². The van der Waals surface area contributed by atoms with Gasteiger partial charge >= 0.3 is 0 Å². The van der Waals surface area contributed by atoms with Gasteiger partial charge in [0, 0.05) is 43.5 Å². The molecule has 0 unspecified atom stereocenters. The Morgan fingerprint density at radius 3 is 2.70 bits per heavy atom. The van der Waals surface area contributed by atoms with Crippen molar-refractivity contribution in [1.29, 1.82) is 0 Å². The second-order valence-corrected chi connectivity index (χ2v) is 8.18. The average molecular weight is 512 g/mol. The highest BCUT2D eigenvalue weighted by molar-refractivity contribution is 14.0. The van der Waals surface area contributed by atoms with Crippen LogP contribution < -0.4 is 10.6 Å². The lowest BCUT2D eigenvalue weighted by atomic mass is 10.1. The summed E-state index contributed by atoms with van der Waals surface area (Å²) in [5, 5.41) is 7.31. The van der Waals surface area contributed by atoms with Crippen LogP contribution in [-0.4, -0.2) is 64.7 Å². The molecule has 27 heavy (non-hydrogen) atoms. The van der Waals surface area contributed by atoms with Crippen LogP contribution in [0, 0.1) is 5.82 Å². The molecule has 0 bridgehead atoms. The van der Waals surface area contributed by atoms with Crippen molar-refractivity contribution in [2.45, 2.75) is 6.42 Å². The second-order valence-electron chi connectivity index (χ2n) is 5.92. The van der Waals surface area contributed by atoms with Gasteiger partial charge in [-0.05, 0) is 30.2 Å². The van der Waals surface area contributed by atoms with Crippen molar-refractivity contribution in [1.82, 2.24) is 15.6 Å². The first-order chi connectivity index (χ1) is 12.4. The van der Waals surface area contributed by atoms with Crippen LogP contribution >= 0.6 is 24.0 Å². The van der Waals surface area contributed by atoms with Crippen molar-refractivity contribution in [3.05, 3.63) is 35.8 Å². The Hall–Kier alpha value is -1.40. The first kappa shape index (κ1) is 23.6. The zero-order valence-electron chi connectivity index (χ0n) is 15.4. The minimum absolute atomic E-state index is 0. The van der Waals surface area contributed by atoms with Crippen LogP contribution in [-0.2, 0) is 21.0 Å². The van der Waals surface area contributed by atoms with Gasteiger partial charge in [-0.1, -0.05) is 0 Å². The summed E-state index contributed by atoms with van der Waals surface area (Å²) in [6.07, 6.45) is 3.83. The van der Waals surface area contributed by atoms with Crippen LogP contribution in [0.3, 0.4) is 0 Å². The lowest BCUT2D eigenvalue weighted by Gasteiger charge is -2.12. The highest BCUT2D eigenvalue weighted by atomic mass is 127. The molecule has 0 spiro atoms. The van der Waals surface area contributed by atoms with E-state index in [1.807, 2.05) is 6.20 Å². The van der Waals surface area contributed by atoms with Gasteiger partial charge < -0.3 is 20.4 Å². The first-order valence-electron chi connectivity index (χ1n) is 8.34. The van der Waals surface area contributed by atoms with Gasteiger partial charge in [0.1, 0.15) is 15.7 Å². The molecule has 0 fully saturated rings. The molecule has 10 heteroatoms. The van der Waals surface area contributed by atoms with E-state index < -0.39 is 9.84 Å². The van der Waals surface area contributed by atoms with Crippen LogP contribution in [0.2, 0.25) is 0 Å². The molecule has 0 saturated heterocycles. The quantitative estimate of drug-likeness (QED) is 0.206. The molecule has 2 rings (SSSR count). The van der Waals surface area contributed by atoms with E-state index in [1.54, 1.807) is 13.1 Å². The van der Waals surface area contributed by atoms with Crippen LogP contribution in [0.15, 0.2) is 29.4 Å². The Balaban J connectivity index is 0.00000364. The number of aromatic amines is 1. The number of guanidine groups is 1. The Bertz CT molecular complexity index is 855. The lowest BCUT2D eigenvalue weighted by molar-refractivity contribution is 0.154. The molecule has 0 atom stereocenters. The third-order valence-electron chi connectivity index (χ3n) is 3.78. The molecule has 3 N–H and O–H groups in total. The smallest absolute Gasteiger partial charge is 0.191 e. The van der Waals surface area contributed by atoms with E-state index in [1.165, 1.54) is 18.4 Å². The molecule has 7 nitrogen and oxygen atoms in total. The molecule has 0 saturated carbocycles. The van der Waals surface area contributed by atoms with Gasteiger partial charge in [-0.3, -0.25) is 4.99 Å². The summed E-state index contributed by atoms with van der Waals surface area (Å²) in [5.74, 6) is 0.407. The Morgan fingerprint density at radius 1 is 1.26 bits per heavy atom. The molecule has 2 aromatic rings. The predicted molar refractivity (Wildman–Crippen MR) is 117 cm³/mol. The fourth-order valence-electron chi connectivity index (χ4n) is 2.46. The number of rotatable bonds is 9. The summed E-state index contributed by atoms with van der Waals surface area (Å²) in [4.78, 5) is 7.20. The van der Waals surface area contributed by atoms with Crippen molar-refractivity contribution in [3.63, 3.8) is 0 Å². The van der Waals surface area contributed by atoms with Gasteiger partial charge in [0.05, 0.1) is 19.0 Å². The number of ether oxygens (including phenoxy) is 1. The van der Waals surface area contributed by atoms with Crippen LogP contribution in [0.1, 0.15) is 5.56 Å². The monoisotopic (exact) mass is 512 g/mol. The maximum absolute atomic E-state index is 13.2. The number of nitrogens with zero attached hydrogens (tertiary/aromatic N) is 1. The minimum Gasteiger partial charge on any atom is -0.379 e. The van der Waals surface area contributed by atoms with E-state index >= 15 is 0 Å². The molecular formula is C17H26FIN4O3S. The SMILES string of the molecule is CN=C(NCCOCCS(C)(=O)=O)NCCc1c[nH]c2cc(F)ccc12.I. The normalized spacial score (nSPS) is 12.0. The van der Waals surface area contributed by atoms with E-state index in [-0.39, 0.29) is 42.2 Å². The molecule has 0 amide bonds. The van der Waals surface area contributed by atoms with Gasteiger partial charge in [-0.15, -0.1) is 24.0 Å². The molecule has 0 aliphatic heterocycles. The van der Waals surface area contributed by atoms with Crippen molar-refractivity contribution in [2.75, 3.05) is 45.4 Å². The first-order valence-corrected chi connectivity index (χ1v) is 10.4. The maximum Gasteiger partial charge on any atom is 0.191 e. The summed E-state index contributed by atoms with van der Waals surface area (Å²) < 4.78 is 40.4. The second kappa shape index (κ2) is 11.4. The largest absolute Gasteiger partial charge is 0.379 e. The summed E-state index contributed by atoms with van der Waals surface area (Å²) in [7, 11) is -1.31. The summed E-state index contributed by atoms with van der Waals surface area (Å²) >= 11 is 0. The van der Waals surface area contributed by atoms with E-state index in [0.717, 1.165) is 22.9 Å². The fourth-order valence-corrected chi connectivity index (χ4v) is 2.88. The van der Waals surface area contributed by atoms with E-state index in [4.69, 9.17) is 4.74 Å². The predicted octanol–water partition coefficient (Wildman–Crippen LogP) is 1.69. The van der Waals surface area contributed by atoms with Crippen molar-refractivity contribution < 1.29 is 17.5 Å². The van der Waals surface area contributed by atoms with Gasteiger partial charge in [-0.2, -0.15) is 0 Å². The van der Waals surface area contributed by atoms with E-state index in [9.17, 15) is 12.8 Å². The van der Waals surface area contributed by atoms with Gasteiger partial charge in [0.2, 0.25) is 0 Å². The number of H-pyrrole nitrogens is 1. The number of fused-ring (bicyclic) bond motifs is 1. The minimum atomic E-state index is -2.99. The number of aliphatic imine (C=N–C) groups is 1. The third-order valence-corrected chi connectivity index (χ3v) is 4.69. The van der Waals surface area contributed by atoms with Crippen LogP contribution in [0.4, 0.5) is 4.39 Å². The molecular weight excluding hydrogens is 486 g/mol. The van der Waals surface area contributed by atoms with Crippen molar-refractivity contribution in [3.8, 4) is 0 Å². The van der Waals surface area contributed by atoms with Crippen molar-refractivity contribution >= 4 is 50.7 Å². The Morgan fingerprint density at radius 2 is 2.00 bits per heavy atom. The molecule has 0 radical (unpaired) electrons. The fraction of sp³-hybridized carbons (Fsp3) is 0.471. The highest BCUT2D eigenvalue weighted by Crippen LogP contribution is 2.19. The lowest BCUT2D eigenvalue weighted by Crippen LogP contribution is -2.39. The number of nitrogens with one attached hydrogen (secondary N) is 3. The zero-order valence-corrected chi connectivity index (χ0v) is 18.6. The summed E-state index contributed by atoms with van der Waals surface area (Å²) in [6, 6.07) is 4.71. The Kier molecular flexibility index (Phi) is 10.0. The van der Waals surface area contributed by atoms with E-state index in [0.29, 0.717) is 25.7 Å². The van der Waals surface area contributed by atoms with Crippen molar-refractivity contribution in [2.24, 2.45) is 4.99 Å². The van der Waals surface area contributed by atoms with Crippen LogP contribution in [0.5, 0.6) is 0 Å². The number of hydrogen-bond donors (Lipinski definition) is 3. The molecule has 0 aliphatic rings. The molecule has 1 heterocycles. The number of halogens is 2. The standard InChI is InChI=1S/C17H25FN4O3S.HI/c1-19-17(21-7-8-25-9-10-26(2,23)24)20-6-5-13-12-22-16-11-14(18)3-4-15(13)16;/h3-4,11-12,22H,5-10H2,1-2H3,(H2,19,20,21);1H. The maximum atomic E-state index is 13.2. The Labute approximate surface area is 176 Å². The molecule has 152 valence electrons. The summed E-state index contributed by atoms with van der Waals surface area (Å²) in [5.41, 5.74) is 1.89. The molecule has 0 aliphatic carbocycles. The third kappa shape index (κ3) is 8.43. The number of benzene rings is 1. The number of sulfone groups is 1. The van der Waals surface area contributed by atoms with Gasteiger partial charge in [-0.25, -0.2) is 12.8 Å². The van der Waals surface area contributed by atoms with E-state index in [2.05, 4.69) is 20.6 Å².